The van der Waals surface area contributed by atoms with Gasteiger partial charge in [-0.1, -0.05) is 36.2 Å². The van der Waals surface area contributed by atoms with E-state index in [4.69, 9.17) is 23.2 Å². The van der Waals surface area contributed by atoms with E-state index in [1.54, 1.807) is 0 Å². The van der Waals surface area contributed by atoms with Crippen LogP contribution in [0.1, 0.15) is 31.7 Å². The lowest BCUT2D eigenvalue weighted by molar-refractivity contribution is 0.541. The molecule has 2 fully saturated rings. The van der Waals surface area contributed by atoms with E-state index >= 15 is 0 Å². The fraction of sp³-hybridized carbons (Fsp3) is 0.571. The summed E-state index contributed by atoms with van der Waals surface area (Å²) in [6.45, 7) is 3.30. The molecule has 2 unspecified atom stereocenters. The van der Waals surface area contributed by atoms with Crippen LogP contribution in [0.3, 0.4) is 0 Å². The Hall–Kier alpha value is -0.240. The zero-order valence-electron chi connectivity index (χ0n) is 9.97. The van der Waals surface area contributed by atoms with Crippen LogP contribution < -0.4 is 5.32 Å². The van der Waals surface area contributed by atoms with Gasteiger partial charge in [0.2, 0.25) is 0 Å². The average molecular weight is 270 g/mol. The molecule has 3 rings (SSSR count). The van der Waals surface area contributed by atoms with E-state index < -0.39 is 0 Å². The Morgan fingerprint density at radius 2 is 1.88 bits per heavy atom. The number of rotatable bonds is 4. The summed E-state index contributed by atoms with van der Waals surface area (Å²) >= 11 is 12.7. The van der Waals surface area contributed by atoms with Crippen molar-refractivity contribution in [3.8, 4) is 0 Å². The highest BCUT2D eigenvalue weighted by Gasteiger charge is 2.54. The molecule has 2 atom stereocenters. The highest BCUT2D eigenvalue weighted by Crippen LogP contribution is 2.57. The molecule has 17 heavy (non-hydrogen) atoms. The van der Waals surface area contributed by atoms with Crippen molar-refractivity contribution in [1.82, 2.24) is 5.32 Å². The molecule has 3 heteroatoms. The zero-order valence-corrected chi connectivity index (χ0v) is 11.5. The van der Waals surface area contributed by atoms with Gasteiger partial charge in [0.05, 0.1) is 0 Å². The number of nitrogens with one attached hydrogen (secondary N) is 1. The third-order valence-electron chi connectivity index (χ3n) is 4.20. The molecule has 0 heterocycles. The number of hydrogen-bond acceptors (Lipinski definition) is 1. The normalized spacial score (nSPS) is 31.6. The molecule has 0 saturated heterocycles. The number of halogens is 2. The Balaban J connectivity index is 1.88. The summed E-state index contributed by atoms with van der Waals surface area (Å²) in [5, 5.41) is 5.26. The van der Waals surface area contributed by atoms with Gasteiger partial charge >= 0.3 is 0 Å². The maximum atomic E-state index is 6.34. The Morgan fingerprint density at radius 3 is 2.35 bits per heavy atom. The largest absolute Gasteiger partial charge is 0.313 e. The molecular weight excluding hydrogens is 253 g/mol. The van der Waals surface area contributed by atoms with Gasteiger partial charge in [0.15, 0.2) is 0 Å². The van der Waals surface area contributed by atoms with Crippen LogP contribution in [0, 0.1) is 5.92 Å². The van der Waals surface area contributed by atoms with Gasteiger partial charge in [0, 0.05) is 28.0 Å². The van der Waals surface area contributed by atoms with E-state index in [0.717, 1.165) is 28.2 Å². The topological polar surface area (TPSA) is 12.0 Å². The summed E-state index contributed by atoms with van der Waals surface area (Å²) in [5.41, 5.74) is 1.34. The molecular formula is C14H17Cl2N. The first-order valence-electron chi connectivity index (χ1n) is 6.31. The fourth-order valence-electron chi connectivity index (χ4n) is 2.76. The lowest BCUT2D eigenvalue weighted by Gasteiger charge is -2.21. The molecule has 0 amide bonds. The van der Waals surface area contributed by atoms with Gasteiger partial charge < -0.3 is 5.32 Å². The molecule has 0 aliphatic heterocycles. The van der Waals surface area contributed by atoms with Crippen molar-refractivity contribution in [3.05, 3.63) is 33.8 Å². The molecule has 0 aromatic heterocycles. The van der Waals surface area contributed by atoms with Crippen molar-refractivity contribution in [2.45, 2.75) is 37.6 Å². The SMILES string of the molecule is CC1CC1(CNC1CC1)c1c(Cl)cccc1Cl. The molecule has 0 spiro atoms. The van der Waals surface area contributed by atoms with Gasteiger partial charge in [0.1, 0.15) is 0 Å². The van der Waals surface area contributed by atoms with Crippen LogP contribution in [0.25, 0.3) is 0 Å². The van der Waals surface area contributed by atoms with Crippen LogP contribution in [-0.4, -0.2) is 12.6 Å². The predicted octanol–water partition coefficient (Wildman–Crippen LogP) is 4.02. The van der Waals surface area contributed by atoms with E-state index in [0.29, 0.717) is 5.92 Å². The first kappa shape index (κ1) is 11.8. The first-order chi connectivity index (χ1) is 8.13. The molecule has 1 aromatic rings. The summed E-state index contributed by atoms with van der Waals surface area (Å²) in [6, 6.07) is 6.56. The van der Waals surface area contributed by atoms with E-state index in [1.165, 1.54) is 19.3 Å². The van der Waals surface area contributed by atoms with Crippen molar-refractivity contribution in [2.24, 2.45) is 5.92 Å². The highest BCUT2D eigenvalue weighted by atomic mass is 35.5. The van der Waals surface area contributed by atoms with E-state index in [9.17, 15) is 0 Å². The molecule has 2 aliphatic rings. The monoisotopic (exact) mass is 269 g/mol. The molecule has 1 aromatic carbocycles. The minimum Gasteiger partial charge on any atom is -0.313 e. The molecule has 1 N–H and O–H groups in total. The van der Waals surface area contributed by atoms with Gasteiger partial charge in [0.25, 0.3) is 0 Å². The minimum absolute atomic E-state index is 0.179. The minimum atomic E-state index is 0.179. The molecule has 92 valence electrons. The highest BCUT2D eigenvalue weighted by molar-refractivity contribution is 6.36. The standard InChI is InChI=1S/C14H17Cl2N/c1-9-7-14(9,8-17-10-5-6-10)13-11(15)3-2-4-12(13)16/h2-4,9-10,17H,5-8H2,1H3. The second-order valence-corrected chi connectivity index (χ2v) is 6.33. The first-order valence-corrected chi connectivity index (χ1v) is 7.07. The smallest absolute Gasteiger partial charge is 0.0459 e. The summed E-state index contributed by atoms with van der Waals surface area (Å²) in [6.07, 6.45) is 3.83. The van der Waals surface area contributed by atoms with Gasteiger partial charge in [-0.25, -0.2) is 0 Å². The predicted molar refractivity (Wildman–Crippen MR) is 72.9 cm³/mol. The summed E-state index contributed by atoms with van der Waals surface area (Å²) in [5.74, 6) is 0.672. The Bertz CT molecular complexity index is 422. The number of hydrogen-bond donors (Lipinski definition) is 1. The summed E-state index contributed by atoms with van der Waals surface area (Å²) in [4.78, 5) is 0. The fourth-order valence-corrected chi connectivity index (χ4v) is 3.53. The average Bonchev–Trinajstić information content (AvgIpc) is 3.14. The second-order valence-electron chi connectivity index (χ2n) is 5.51. The molecule has 0 bridgehead atoms. The lowest BCUT2D eigenvalue weighted by atomic mass is 9.93. The van der Waals surface area contributed by atoms with Gasteiger partial charge in [-0.05, 0) is 42.9 Å². The molecule has 2 aliphatic carbocycles. The number of benzene rings is 1. The Labute approximate surface area is 112 Å². The Kier molecular flexibility index (Phi) is 2.89. The third kappa shape index (κ3) is 2.09. The van der Waals surface area contributed by atoms with Crippen LogP contribution in [0.4, 0.5) is 0 Å². The maximum Gasteiger partial charge on any atom is 0.0459 e. The molecule has 0 radical (unpaired) electrons. The quantitative estimate of drug-likeness (QED) is 0.871. The van der Waals surface area contributed by atoms with Crippen LogP contribution >= 0.6 is 23.2 Å². The van der Waals surface area contributed by atoms with Crippen LogP contribution in [0.2, 0.25) is 10.0 Å². The lowest BCUT2D eigenvalue weighted by Crippen LogP contribution is -2.30. The maximum absolute atomic E-state index is 6.34. The van der Waals surface area contributed by atoms with Crippen molar-refractivity contribution < 1.29 is 0 Å². The molecule has 2 saturated carbocycles. The van der Waals surface area contributed by atoms with E-state index in [1.807, 2.05) is 18.2 Å². The Morgan fingerprint density at radius 1 is 1.29 bits per heavy atom. The zero-order chi connectivity index (χ0) is 12.0. The van der Waals surface area contributed by atoms with Crippen molar-refractivity contribution in [3.63, 3.8) is 0 Å². The van der Waals surface area contributed by atoms with E-state index in [2.05, 4.69) is 12.2 Å². The molecule has 1 nitrogen and oxygen atoms in total. The second kappa shape index (κ2) is 4.15. The van der Waals surface area contributed by atoms with Gasteiger partial charge in [-0.3, -0.25) is 0 Å². The summed E-state index contributed by atoms with van der Waals surface area (Å²) in [7, 11) is 0. The van der Waals surface area contributed by atoms with Gasteiger partial charge in [-0.15, -0.1) is 0 Å². The van der Waals surface area contributed by atoms with Crippen LogP contribution in [0.15, 0.2) is 18.2 Å². The van der Waals surface area contributed by atoms with Crippen molar-refractivity contribution in [2.75, 3.05) is 6.54 Å². The van der Waals surface area contributed by atoms with E-state index in [-0.39, 0.29) is 5.41 Å². The van der Waals surface area contributed by atoms with Crippen LogP contribution in [0.5, 0.6) is 0 Å². The van der Waals surface area contributed by atoms with Crippen LogP contribution in [-0.2, 0) is 5.41 Å². The summed E-state index contributed by atoms with van der Waals surface area (Å²) < 4.78 is 0. The van der Waals surface area contributed by atoms with Gasteiger partial charge in [-0.2, -0.15) is 0 Å². The van der Waals surface area contributed by atoms with Crippen molar-refractivity contribution in [1.29, 1.82) is 0 Å². The van der Waals surface area contributed by atoms with Crippen molar-refractivity contribution >= 4 is 23.2 Å². The third-order valence-corrected chi connectivity index (χ3v) is 4.83.